The van der Waals surface area contributed by atoms with Crippen molar-refractivity contribution >= 4 is 24.0 Å². The summed E-state index contributed by atoms with van der Waals surface area (Å²) in [4.78, 5) is 71.2. The standard InChI is InChI=1S/C48H46N8O6/c1-30-10-6-7-13-36(30)48(2,62-47(50)60)45(58)56-27-9-15-40(56)43-52-29-38(54-43)34-24-20-32(21-25-34)17-16-31-18-22-33(23-19-31)37-28-51-42(53-37)39-14-8-26-55(39)44(57)41(61-46(49)59)35-11-4-3-5-12-35/h3-7,10-13,18-25,28-29,39-41H,8-9,14-15,26-27H2,1-2H3,(H2,49,59)(H2,50,60)(H,51,53)(H,52,54)/t39?,40?,41-,48-/m1/s1. The van der Waals surface area contributed by atoms with Gasteiger partial charge in [-0.25, -0.2) is 19.6 Å². The van der Waals surface area contributed by atoms with Gasteiger partial charge in [0.1, 0.15) is 11.6 Å². The Morgan fingerprint density at radius 2 is 1.23 bits per heavy atom. The lowest BCUT2D eigenvalue weighted by molar-refractivity contribution is -0.152. The van der Waals surface area contributed by atoms with Crippen molar-refractivity contribution in [2.24, 2.45) is 11.5 Å². The predicted molar refractivity (Wildman–Crippen MR) is 230 cm³/mol. The summed E-state index contributed by atoms with van der Waals surface area (Å²) in [7, 11) is 0. The van der Waals surface area contributed by atoms with Crippen molar-refractivity contribution in [3.8, 4) is 34.4 Å². The first kappa shape index (κ1) is 41.1. The maximum atomic E-state index is 14.2. The summed E-state index contributed by atoms with van der Waals surface area (Å²) in [6.07, 6.45) is 3.29. The molecule has 6 aromatic rings. The Labute approximate surface area is 358 Å². The van der Waals surface area contributed by atoms with E-state index in [0.717, 1.165) is 52.0 Å². The number of nitrogens with two attached hydrogens (primary N) is 2. The molecule has 4 aromatic carbocycles. The number of nitrogens with one attached hydrogen (secondary N) is 2. The van der Waals surface area contributed by atoms with Gasteiger partial charge in [-0.3, -0.25) is 9.59 Å². The van der Waals surface area contributed by atoms with Crippen molar-refractivity contribution in [2.75, 3.05) is 13.1 Å². The normalized spacial score (nSPS) is 17.4. The number of hydrogen-bond donors (Lipinski definition) is 4. The number of hydrogen-bond acceptors (Lipinski definition) is 8. The molecule has 0 bridgehead atoms. The van der Waals surface area contributed by atoms with E-state index in [2.05, 4.69) is 31.8 Å². The van der Waals surface area contributed by atoms with E-state index in [-0.39, 0.29) is 23.9 Å². The number of likely N-dealkylation sites (tertiary alicyclic amines) is 2. The van der Waals surface area contributed by atoms with Crippen LogP contribution in [0.3, 0.4) is 0 Å². The fourth-order valence-electron chi connectivity index (χ4n) is 8.48. The molecule has 2 aromatic heterocycles. The molecule has 0 saturated carbocycles. The zero-order valence-corrected chi connectivity index (χ0v) is 34.3. The molecule has 2 saturated heterocycles. The summed E-state index contributed by atoms with van der Waals surface area (Å²) in [5.74, 6) is 7.08. The molecule has 62 heavy (non-hydrogen) atoms. The van der Waals surface area contributed by atoms with Crippen LogP contribution in [0.2, 0.25) is 0 Å². The molecule has 14 heteroatoms. The molecule has 2 fully saturated rings. The summed E-state index contributed by atoms with van der Waals surface area (Å²) in [5.41, 5.74) is 16.3. The number of imidazole rings is 2. The highest BCUT2D eigenvalue weighted by Crippen LogP contribution is 2.39. The quantitative estimate of drug-likeness (QED) is 0.103. The van der Waals surface area contributed by atoms with Crippen LogP contribution in [0.25, 0.3) is 22.5 Å². The summed E-state index contributed by atoms with van der Waals surface area (Å²) < 4.78 is 10.8. The fraction of sp³-hybridized carbons (Fsp3) is 0.250. The molecule has 2 aliphatic heterocycles. The lowest BCUT2D eigenvalue weighted by Gasteiger charge is -2.35. The van der Waals surface area contributed by atoms with Gasteiger partial charge in [-0.05, 0) is 80.5 Å². The second kappa shape index (κ2) is 17.5. The number of ether oxygens (including phenoxy) is 2. The maximum absolute atomic E-state index is 14.2. The van der Waals surface area contributed by atoms with Gasteiger partial charge < -0.3 is 40.7 Å². The van der Waals surface area contributed by atoms with Crippen LogP contribution in [-0.2, 0) is 24.7 Å². The number of carbonyl (C=O) groups is 4. The van der Waals surface area contributed by atoms with Crippen molar-refractivity contribution in [3.05, 3.63) is 155 Å². The topological polar surface area (TPSA) is 203 Å². The van der Waals surface area contributed by atoms with Crippen LogP contribution < -0.4 is 11.5 Å². The minimum atomic E-state index is -1.60. The third kappa shape index (κ3) is 8.51. The Balaban J connectivity index is 0.912. The van der Waals surface area contributed by atoms with E-state index >= 15 is 0 Å². The molecular weight excluding hydrogens is 785 g/mol. The minimum Gasteiger partial charge on any atom is -0.431 e. The third-order valence-corrected chi connectivity index (χ3v) is 11.5. The molecule has 0 radical (unpaired) electrons. The first-order chi connectivity index (χ1) is 30.0. The molecule has 4 amide bonds. The van der Waals surface area contributed by atoms with Crippen LogP contribution in [0, 0.1) is 18.8 Å². The Kier molecular flexibility index (Phi) is 11.6. The number of aromatic nitrogens is 4. The summed E-state index contributed by atoms with van der Waals surface area (Å²) in [5, 5.41) is 0. The lowest BCUT2D eigenvalue weighted by atomic mass is 9.90. The smallest absolute Gasteiger partial charge is 0.405 e. The van der Waals surface area contributed by atoms with Gasteiger partial charge in [0.15, 0.2) is 0 Å². The van der Waals surface area contributed by atoms with E-state index in [0.29, 0.717) is 48.7 Å². The molecule has 4 atom stereocenters. The highest BCUT2D eigenvalue weighted by molar-refractivity contribution is 5.89. The van der Waals surface area contributed by atoms with Crippen molar-refractivity contribution in [1.82, 2.24) is 29.7 Å². The molecule has 2 aliphatic rings. The van der Waals surface area contributed by atoms with Gasteiger partial charge in [0.25, 0.3) is 11.8 Å². The molecule has 8 rings (SSSR count). The highest BCUT2D eigenvalue weighted by Gasteiger charge is 2.47. The minimum absolute atomic E-state index is 0.309. The monoisotopic (exact) mass is 830 g/mol. The van der Waals surface area contributed by atoms with E-state index in [1.54, 1.807) is 65.5 Å². The van der Waals surface area contributed by atoms with Crippen molar-refractivity contribution in [1.29, 1.82) is 0 Å². The van der Waals surface area contributed by atoms with Crippen LogP contribution in [0.4, 0.5) is 9.59 Å². The molecule has 0 aliphatic carbocycles. The van der Waals surface area contributed by atoms with Gasteiger partial charge in [0, 0.05) is 35.3 Å². The fourth-order valence-corrected chi connectivity index (χ4v) is 8.48. The van der Waals surface area contributed by atoms with Gasteiger partial charge in [-0.1, -0.05) is 90.7 Å². The van der Waals surface area contributed by atoms with Crippen LogP contribution in [0.1, 0.15) is 90.3 Å². The zero-order valence-electron chi connectivity index (χ0n) is 34.3. The van der Waals surface area contributed by atoms with E-state index in [9.17, 15) is 19.2 Å². The van der Waals surface area contributed by atoms with Crippen molar-refractivity contribution < 1.29 is 28.7 Å². The largest absolute Gasteiger partial charge is 0.431 e. The number of carbonyl (C=O) groups excluding carboxylic acids is 4. The average Bonchev–Trinajstić information content (AvgIpc) is 4.12. The molecule has 314 valence electrons. The molecular formula is C48H46N8O6. The van der Waals surface area contributed by atoms with E-state index < -0.39 is 23.9 Å². The van der Waals surface area contributed by atoms with Crippen LogP contribution in [0.15, 0.2) is 116 Å². The predicted octanol–water partition coefficient (Wildman–Crippen LogP) is 7.35. The number of aromatic amines is 2. The Hall–Kier alpha value is -7.66. The van der Waals surface area contributed by atoms with Gasteiger partial charge in [0.05, 0.1) is 35.9 Å². The molecule has 0 spiro atoms. The molecule has 6 N–H and O–H groups in total. The maximum Gasteiger partial charge on any atom is 0.405 e. The highest BCUT2D eigenvalue weighted by atomic mass is 16.6. The van der Waals surface area contributed by atoms with Crippen molar-refractivity contribution in [3.63, 3.8) is 0 Å². The first-order valence-corrected chi connectivity index (χ1v) is 20.5. The number of primary amides is 2. The number of benzene rings is 4. The SMILES string of the molecule is Cc1ccccc1[C@@](C)(OC(N)=O)C(=O)N1CCCC1c1ncc(-c2ccc(C#Cc3ccc(-c4cnc(C5CCCN5C(=O)[C@H](OC(N)=O)c5ccccc5)[nH]4)cc3)cc2)[nH]1. The second-order valence-corrected chi connectivity index (χ2v) is 15.6. The number of rotatable bonds is 10. The lowest BCUT2D eigenvalue weighted by Crippen LogP contribution is -2.48. The Morgan fingerprint density at radius 1 is 0.710 bits per heavy atom. The Bertz CT molecular complexity index is 2660. The van der Waals surface area contributed by atoms with Crippen LogP contribution in [-0.4, -0.2) is 66.8 Å². The zero-order chi connectivity index (χ0) is 43.4. The van der Waals surface area contributed by atoms with Gasteiger partial charge >= 0.3 is 12.2 Å². The molecule has 2 unspecified atom stereocenters. The first-order valence-electron chi connectivity index (χ1n) is 20.5. The van der Waals surface area contributed by atoms with Gasteiger partial charge in [0.2, 0.25) is 11.7 Å². The summed E-state index contributed by atoms with van der Waals surface area (Å²) >= 11 is 0. The number of H-pyrrole nitrogens is 2. The summed E-state index contributed by atoms with van der Waals surface area (Å²) in [6, 6.07) is 31.2. The van der Waals surface area contributed by atoms with E-state index in [4.69, 9.17) is 20.9 Å². The van der Waals surface area contributed by atoms with Crippen LogP contribution in [0.5, 0.6) is 0 Å². The van der Waals surface area contributed by atoms with Crippen molar-refractivity contribution in [2.45, 2.75) is 63.3 Å². The average molecular weight is 831 g/mol. The van der Waals surface area contributed by atoms with E-state index in [1.807, 2.05) is 73.7 Å². The van der Waals surface area contributed by atoms with Gasteiger partial charge in [-0.15, -0.1) is 0 Å². The number of nitrogens with zero attached hydrogens (tertiary/aromatic N) is 4. The summed E-state index contributed by atoms with van der Waals surface area (Å²) in [6.45, 7) is 4.45. The van der Waals surface area contributed by atoms with Gasteiger partial charge in [-0.2, -0.15) is 0 Å². The molecule has 4 heterocycles. The number of amides is 4. The number of aryl methyl sites for hydroxylation is 1. The molecule has 14 nitrogen and oxygen atoms in total. The third-order valence-electron chi connectivity index (χ3n) is 11.5. The van der Waals surface area contributed by atoms with Crippen LogP contribution >= 0.6 is 0 Å². The Morgan fingerprint density at radius 3 is 1.76 bits per heavy atom. The van der Waals surface area contributed by atoms with E-state index in [1.165, 1.54) is 0 Å². The second-order valence-electron chi connectivity index (χ2n) is 15.6.